The molecule has 21 heavy (non-hydrogen) atoms. The van der Waals surface area contributed by atoms with Gasteiger partial charge in [0.05, 0.1) is 5.03 Å². The molecular formula is C17H18ClNO2. The van der Waals surface area contributed by atoms with Crippen LogP contribution in [0.1, 0.15) is 41.5 Å². The van der Waals surface area contributed by atoms with Crippen LogP contribution in [0.2, 0.25) is 0 Å². The molecule has 0 saturated heterocycles. The zero-order chi connectivity index (χ0) is 15.6. The minimum atomic E-state index is -0.292. The molecule has 4 heteroatoms. The number of halogens is 1. The number of fused-ring (bicyclic) bond motifs is 1. The largest absolute Gasteiger partial charge is 0.375 e. The van der Waals surface area contributed by atoms with Gasteiger partial charge in [-0.3, -0.25) is 9.59 Å². The Morgan fingerprint density at radius 2 is 1.71 bits per heavy atom. The lowest BCUT2D eigenvalue weighted by Gasteiger charge is -2.23. The van der Waals surface area contributed by atoms with Crippen molar-refractivity contribution in [2.75, 3.05) is 6.54 Å². The molecule has 110 valence electrons. The van der Waals surface area contributed by atoms with Crippen LogP contribution < -0.4 is 0 Å². The molecule has 0 aromatic heterocycles. The summed E-state index contributed by atoms with van der Waals surface area (Å²) in [5.41, 5.74) is 1.06. The van der Waals surface area contributed by atoms with E-state index in [1.165, 1.54) is 0 Å². The molecule has 0 bridgehead atoms. The number of Topliss-reactive ketones (excluding diaryl/α,β-unsaturated/α-hetero) is 2. The molecule has 0 atom stereocenters. The van der Waals surface area contributed by atoms with Crippen LogP contribution in [0.25, 0.3) is 0 Å². The van der Waals surface area contributed by atoms with Gasteiger partial charge in [0.15, 0.2) is 5.78 Å². The molecule has 0 spiro atoms. The summed E-state index contributed by atoms with van der Waals surface area (Å²) in [4.78, 5) is 26.8. The molecule has 1 aliphatic rings. The average molecular weight is 304 g/mol. The fourth-order valence-corrected chi connectivity index (χ4v) is 2.58. The monoisotopic (exact) mass is 303 g/mol. The van der Waals surface area contributed by atoms with E-state index in [2.05, 4.69) is 18.7 Å². The van der Waals surface area contributed by atoms with Crippen LogP contribution in [-0.2, 0) is 0 Å². The van der Waals surface area contributed by atoms with E-state index in [-0.39, 0.29) is 22.2 Å². The lowest BCUT2D eigenvalue weighted by molar-refractivity contribution is 0.0983. The Kier molecular flexibility index (Phi) is 4.63. The highest BCUT2D eigenvalue weighted by Crippen LogP contribution is 2.29. The summed E-state index contributed by atoms with van der Waals surface area (Å²) in [5.74, 6) is -0.495. The highest BCUT2D eigenvalue weighted by molar-refractivity contribution is 6.50. The van der Waals surface area contributed by atoms with Crippen LogP contribution in [-0.4, -0.2) is 29.1 Å². The van der Waals surface area contributed by atoms with E-state index in [1.54, 1.807) is 30.3 Å². The Hall–Kier alpha value is -1.87. The molecule has 0 radical (unpaired) electrons. The maximum absolute atomic E-state index is 12.5. The molecule has 2 rings (SSSR count). The van der Waals surface area contributed by atoms with Crippen molar-refractivity contribution < 1.29 is 9.59 Å². The molecule has 3 nitrogen and oxygen atoms in total. The molecule has 0 N–H and O–H groups in total. The van der Waals surface area contributed by atoms with Crippen LogP contribution in [0, 0.1) is 0 Å². The van der Waals surface area contributed by atoms with Crippen LogP contribution in [0.4, 0.5) is 0 Å². The summed E-state index contributed by atoms with van der Waals surface area (Å²) < 4.78 is 0. The van der Waals surface area contributed by atoms with Gasteiger partial charge in [0.25, 0.3) is 0 Å². The fourth-order valence-electron chi connectivity index (χ4n) is 2.33. The first-order chi connectivity index (χ1) is 9.97. The van der Waals surface area contributed by atoms with E-state index in [9.17, 15) is 9.59 Å². The molecule has 0 amide bonds. The van der Waals surface area contributed by atoms with Gasteiger partial charge in [-0.15, -0.1) is 0 Å². The molecule has 0 unspecified atom stereocenters. The third kappa shape index (κ3) is 2.93. The Balaban J connectivity index is 2.41. The first-order valence-electron chi connectivity index (χ1n) is 6.99. The number of carbonyl (C=O) groups is 2. The summed E-state index contributed by atoms with van der Waals surface area (Å²) >= 11 is 6.10. The van der Waals surface area contributed by atoms with E-state index >= 15 is 0 Å². The van der Waals surface area contributed by atoms with E-state index < -0.39 is 0 Å². The van der Waals surface area contributed by atoms with Gasteiger partial charge in [-0.05, 0) is 26.8 Å². The standard InChI is InChI=1S/C17H18ClNO2/c1-4-19(11(2)3)10-9-14-15(18)17(21)13-8-6-5-7-12(13)16(14)20/h5-11H,4H2,1-3H3/b10-9+. The molecule has 0 saturated carbocycles. The summed E-state index contributed by atoms with van der Waals surface area (Å²) in [7, 11) is 0. The summed E-state index contributed by atoms with van der Waals surface area (Å²) in [6.45, 7) is 6.97. The minimum Gasteiger partial charge on any atom is -0.375 e. The molecule has 1 aliphatic carbocycles. The van der Waals surface area contributed by atoms with Crippen molar-refractivity contribution in [1.29, 1.82) is 0 Å². The third-order valence-electron chi connectivity index (χ3n) is 3.56. The van der Waals surface area contributed by atoms with Crippen molar-refractivity contribution in [3.05, 3.63) is 58.3 Å². The Morgan fingerprint density at radius 1 is 1.14 bits per heavy atom. The van der Waals surface area contributed by atoms with Gasteiger partial charge < -0.3 is 4.90 Å². The van der Waals surface area contributed by atoms with E-state index in [4.69, 9.17) is 11.6 Å². The van der Waals surface area contributed by atoms with Gasteiger partial charge >= 0.3 is 0 Å². The van der Waals surface area contributed by atoms with Gasteiger partial charge in [-0.2, -0.15) is 0 Å². The lowest BCUT2D eigenvalue weighted by Crippen LogP contribution is -2.25. The maximum Gasteiger partial charge on any atom is 0.205 e. The first kappa shape index (κ1) is 15.5. The number of hydrogen-bond donors (Lipinski definition) is 0. The zero-order valence-electron chi connectivity index (χ0n) is 12.4. The smallest absolute Gasteiger partial charge is 0.205 e. The normalized spacial score (nSPS) is 15.1. The summed E-state index contributed by atoms with van der Waals surface area (Å²) in [5, 5.41) is -0.00485. The Labute approximate surface area is 129 Å². The molecular weight excluding hydrogens is 286 g/mol. The zero-order valence-corrected chi connectivity index (χ0v) is 13.1. The van der Waals surface area contributed by atoms with Gasteiger partial charge in [0.1, 0.15) is 0 Å². The quantitative estimate of drug-likeness (QED) is 0.849. The van der Waals surface area contributed by atoms with Crippen molar-refractivity contribution in [1.82, 2.24) is 4.90 Å². The number of ketones is 2. The number of hydrogen-bond acceptors (Lipinski definition) is 3. The Morgan fingerprint density at radius 3 is 2.24 bits per heavy atom. The van der Waals surface area contributed by atoms with Crippen molar-refractivity contribution in [2.24, 2.45) is 0 Å². The number of allylic oxidation sites excluding steroid dienone is 3. The van der Waals surface area contributed by atoms with Gasteiger partial charge in [0.2, 0.25) is 5.78 Å². The highest BCUT2D eigenvalue weighted by atomic mass is 35.5. The van der Waals surface area contributed by atoms with Crippen molar-refractivity contribution in [2.45, 2.75) is 26.8 Å². The first-order valence-corrected chi connectivity index (χ1v) is 7.37. The second-order valence-corrected chi connectivity index (χ2v) is 5.55. The van der Waals surface area contributed by atoms with Gasteiger partial charge in [0, 0.05) is 35.5 Å². The third-order valence-corrected chi connectivity index (χ3v) is 3.93. The lowest BCUT2D eigenvalue weighted by atomic mass is 9.89. The molecule has 0 aliphatic heterocycles. The van der Waals surface area contributed by atoms with Gasteiger partial charge in [-0.1, -0.05) is 35.9 Å². The van der Waals surface area contributed by atoms with Crippen LogP contribution in [0.15, 0.2) is 47.1 Å². The second-order valence-electron chi connectivity index (χ2n) is 5.17. The number of carbonyl (C=O) groups excluding carboxylic acids is 2. The minimum absolute atomic E-state index is 0.00485. The topological polar surface area (TPSA) is 37.4 Å². The SMILES string of the molecule is CCN(/C=C/C1=C(Cl)C(=O)c2ccccc2C1=O)C(C)C. The molecule has 0 heterocycles. The summed E-state index contributed by atoms with van der Waals surface area (Å²) in [6.07, 6.45) is 3.46. The predicted octanol–water partition coefficient (Wildman–Crippen LogP) is 3.80. The maximum atomic E-state index is 12.5. The summed E-state index contributed by atoms with van der Waals surface area (Å²) in [6, 6.07) is 7.08. The Bertz CT molecular complexity index is 644. The van der Waals surface area contributed by atoms with E-state index in [0.717, 1.165) is 6.54 Å². The van der Waals surface area contributed by atoms with Gasteiger partial charge in [-0.25, -0.2) is 0 Å². The fraction of sp³-hybridized carbons (Fsp3) is 0.294. The van der Waals surface area contributed by atoms with Crippen molar-refractivity contribution in [3.63, 3.8) is 0 Å². The van der Waals surface area contributed by atoms with E-state index in [0.29, 0.717) is 17.2 Å². The predicted molar refractivity (Wildman–Crippen MR) is 84.6 cm³/mol. The molecule has 1 aromatic carbocycles. The molecule has 0 fully saturated rings. The second kappa shape index (κ2) is 6.27. The van der Waals surface area contributed by atoms with Crippen LogP contribution in [0.5, 0.6) is 0 Å². The average Bonchev–Trinajstić information content (AvgIpc) is 2.48. The number of nitrogens with zero attached hydrogens (tertiary/aromatic N) is 1. The van der Waals surface area contributed by atoms with Crippen LogP contribution in [0.3, 0.4) is 0 Å². The van der Waals surface area contributed by atoms with E-state index in [1.807, 2.05) is 13.1 Å². The van der Waals surface area contributed by atoms with Crippen LogP contribution >= 0.6 is 11.6 Å². The number of benzene rings is 1. The molecule has 1 aromatic rings. The number of rotatable bonds is 4. The highest BCUT2D eigenvalue weighted by Gasteiger charge is 2.29. The van der Waals surface area contributed by atoms with Crippen molar-refractivity contribution in [3.8, 4) is 0 Å². The van der Waals surface area contributed by atoms with Crippen molar-refractivity contribution >= 4 is 23.2 Å².